The Morgan fingerprint density at radius 3 is 2.50 bits per heavy atom. The number of benzene rings is 2. The normalized spacial score (nSPS) is 14.5. The first-order valence-electron chi connectivity index (χ1n) is 7.68. The topological polar surface area (TPSA) is 85.0 Å². The van der Waals surface area contributed by atoms with Crippen molar-refractivity contribution in [1.82, 2.24) is 4.90 Å². The fourth-order valence-electron chi connectivity index (χ4n) is 2.94. The third kappa shape index (κ3) is 3.29. The van der Waals surface area contributed by atoms with E-state index in [2.05, 4.69) is 0 Å². The van der Waals surface area contributed by atoms with Gasteiger partial charge in [-0.05, 0) is 18.2 Å². The molecule has 1 unspecified atom stereocenters. The highest BCUT2D eigenvalue weighted by Crippen LogP contribution is 2.30. The molecule has 0 saturated carbocycles. The van der Waals surface area contributed by atoms with E-state index in [-0.39, 0.29) is 23.5 Å². The van der Waals surface area contributed by atoms with Crippen molar-refractivity contribution < 1.29 is 19.4 Å². The van der Waals surface area contributed by atoms with Crippen molar-refractivity contribution in [2.24, 2.45) is 0 Å². The Bertz CT molecular complexity index is 932. The Balaban J connectivity index is 1.79. The summed E-state index contributed by atoms with van der Waals surface area (Å²) in [4.78, 5) is 37.4. The molecule has 9 heteroatoms. The smallest absolute Gasteiger partial charge is 0.282 e. The minimum atomic E-state index is -0.653. The number of nitro benzene ring substituents is 1. The van der Waals surface area contributed by atoms with Crippen molar-refractivity contribution in [3.63, 3.8) is 0 Å². The van der Waals surface area contributed by atoms with Gasteiger partial charge in [0.25, 0.3) is 17.5 Å². The SMILES string of the molecule is C[NH+](Cc1ccc(Cl)c(Cl)c1)CN1C(=O)c2cccc([N+](=O)[O-])c2C1=O. The van der Waals surface area contributed by atoms with E-state index in [4.69, 9.17) is 23.2 Å². The molecule has 0 fully saturated rings. The fraction of sp³-hybridized carbons (Fsp3) is 0.176. The minimum Gasteiger partial charge on any atom is -0.316 e. The number of quaternary nitrogens is 1. The zero-order valence-electron chi connectivity index (χ0n) is 13.7. The van der Waals surface area contributed by atoms with Gasteiger partial charge >= 0.3 is 0 Å². The Hall–Kier alpha value is -2.48. The summed E-state index contributed by atoms with van der Waals surface area (Å²) in [5.41, 5.74) is 0.446. The van der Waals surface area contributed by atoms with Crippen LogP contribution in [0.5, 0.6) is 0 Å². The molecule has 0 radical (unpaired) electrons. The summed E-state index contributed by atoms with van der Waals surface area (Å²) in [5, 5.41) is 12.0. The molecule has 1 atom stereocenters. The van der Waals surface area contributed by atoms with Gasteiger partial charge in [-0.1, -0.05) is 35.3 Å². The van der Waals surface area contributed by atoms with Crippen LogP contribution in [-0.2, 0) is 6.54 Å². The van der Waals surface area contributed by atoms with Crippen molar-refractivity contribution in [3.8, 4) is 0 Å². The quantitative estimate of drug-likeness (QED) is 0.478. The summed E-state index contributed by atoms with van der Waals surface area (Å²) in [6.45, 7) is 0.566. The first kappa shape index (κ1) is 18.3. The summed E-state index contributed by atoms with van der Waals surface area (Å²) in [6, 6.07) is 9.26. The Morgan fingerprint density at radius 2 is 1.85 bits per heavy atom. The second-order valence-electron chi connectivity index (χ2n) is 6.04. The molecule has 2 amide bonds. The average molecular weight is 395 g/mol. The van der Waals surface area contributed by atoms with Gasteiger partial charge < -0.3 is 4.90 Å². The molecule has 0 aliphatic carbocycles. The van der Waals surface area contributed by atoms with Crippen LogP contribution in [-0.4, -0.2) is 35.4 Å². The number of carbonyl (C=O) groups is 2. The molecule has 1 aliphatic rings. The van der Waals surface area contributed by atoms with Gasteiger partial charge in [-0.25, -0.2) is 4.90 Å². The van der Waals surface area contributed by atoms with Gasteiger partial charge in [-0.2, -0.15) is 0 Å². The van der Waals surface area contributed by atoms with E-state index < -0.39 is 16.7 Å². The summed E-state index contributed by atoms with van der Waals surface area (Å²) in [7, 11) is 1.81. The lowest BCUT2D eigenvalue weighted by atomic mass is 10.1. The summed E-state index contributed by atoms with van der Waals surface area (Å²) in [6.07, 6.45) is 0. The van der Waals surface area contributed by atoms with Crippen molar-refractivity contribution in [2.45, 2.75) is 6.54 Å². The Morgan fingerprint density at radius 1 is 1.12 bits per heavy atom. The Kier molecular flexibility index (Phi) is 4.95. The molecule has 1 heterocycles. The zero-order chi connectivity index (χ0) is 19.0. The Labute approximate surface area is 158 Å². The number of fused-ring (bicyclic) bond motifs is 1. The summed E-state index contributed by atoms with van der Waals surface area (Å²) >= 11 is 11.9. The highest BCUT2D eigenvalue weighted by atomic mass is 35.5. The number of hydrogen-bond acceptors (Lipinski definition) is 4. The molecule has 0 saturated heterocycles. The average Bonchev–Trinajstić information content (AvgIpc) is 2.83. The lowest BCUT2D eigenvalue weighted by Crippen LogP contribution is -3.09. The molecule has 0 aromatic heterocycles. The van der Waals surface area contributed by atoms with Gasteiger partial charge in [0.2, 0.25) is 0 Å². The van der Waals surface area contributed by atoms with Crippen LogP contribution in [0.3, 0.4) is 0 Å². The predicted molar refractivity (Wildman–Crippen MR) is 95.5 cm³/mol. The highest BCUT2D eigenvalue weighted by molar-refractivity contribution is 6.42. The number of halogens is 2. The van der Waals surface area contributed by atoms with Gasteiger partial charge in [-0.15, -0.1) is 0 Å². The van der Waals surface area contributed by atoms with Gasteiger partial charge in [0, 0.05) is 11.6 Å². The van der Waals surface area contributed by atoms with Crippen LogP contribution in [0.2, 0.25) is 10.0 Å². The predicted octanol–water partition coefficient (Wildman–Crippen LogP) is 2.17. The summed E-state index contributed by atoms with van der Waals surface area (Å²) in [5.74, 6) is -1.17. The van der Waals surface area contributed by atoms with Crippen LogP contribution in [0.15, 0.2) is 36.4 Å². The number of rotatable bonds is 5. The van der Waals surface area contributed by atoms with Crippen LogP contribution in [0.25, 0.3) is 0 Å². The molecule has 3 rings (SSSR count). The van der Waals surface area contributed by atoms with Crippen LogP contribution >= 0.6 is 23.2 Å². The van der Waals surface area contributed by atoms with Gasteiger partial charge in [0.05, 0.1) is 27.6 Å². The van der Waals surface area contributed by atoms with Crippen molar-refractivity contribution in [3.05, 3.63) is 73.2 Å². The zero-order valence-corrected chi connectivity index (χ0v) is 15.2. The third-order valence-electron chi connectivity index (χ3n) is 4.09. The van der Waals surface area contributed by atoms with Crippen LogP contribution in [0.1, 0.15) is 26.3 Å². The third-order valence-corrected chi connectivity index (χ3v) is 4.83. The number of nitro groups is 1. The molecule has 7 nitrogen and oxygen atoms in total. The summed E-state index contributed by atoms with van der Waals surface area (Å²) < 4.78 is 0. The first-order valence-corrected chi connectivity index (χ1v) is 8.44. The first-order chi connectivity index (χ1) is 12.3. The standard InChI is InChI=1S/C17H13Cl2N3O4/c1-20(8-10-5-6-12(18)13(19)7-10)9-21-16(23)11-3-2-4-14(22(25)26)15(11)17(21)24/h2-7H,8-9H2,1H3/p+1. The van der Waals surface area contributed by atoms with E-state index in [1.165, 1.54) is 18.2 Å². The maximum atomic E-state index is 12.6. The van der Waals surface area contributed by atoms with E-state index in [0.717, 1.165) is 15.4 Å². The minimum absolute atomic E-state index is 0.0616. The van der Waals surface area contributed by atoms with Crippen molar-refractivity contribution in [2.75, 3.05) is 13.7 Å². The molecular formula is C17H14Cl2N3O4+. The largest absolute Gasteiger partial charge is 0.316 e. The maximum Gasteiger partial charge on any atom is 0.282 e. The molecule has 134 valence electrons. The number of amides is 2. The number of hydrogen-bond donors (Lipinski definition) is 1. The molecule has 1 aliphatic heterocycles. The van der Waals surface area contributed by atoms with Crippen molar-refractivity contribution in [1.29, 1.82) is 0 Å². The lowest BCUT2D eigenvalue weighted by Gasteiger charge is -2.20. The molecule has 26 heavy (non-hydrogen) atoms. The fourth-order valence-corrected chi connectivity index (χ4v) is 3.26. The van der Waals surface area contributed by atoms with E-state index in [9.17, 15) is 19.7 Å². The van der Waals surface area contributed by atoms with Crippen LogP contribution < -0.4 is 4.90 Å². The van der Waals surface area contributed by atoms with E-state index >= 15 is 0 Å². The van der Waals surface area contributed by atoms with Crippen LogP contribution in [0.4, 0.5) is 5.69 Å². The van der Waals surface area contributed by atoms with E-state index in [1.807, 2.05) is 6.07 Å². The second kappa shape index (κ2) is 7.03. The van der Waals surface area contributed by atoms with E-state index in [0.29, 0.717) is 16.6 Å². The molecule has 1 N–H and O–H groups in total. The highest BCUT2D eigenvalue weighted by Gasteiger charge is 2.42. The molecule has 0 spiro atoms. The molecule has 2 aromatic carbocycles. The molecule has 0 bridgehead atoms. The van der Waals surface area contributed by atoms with Crippen LogP contribution in [0, 0.1) is 10.1 Å². The van der Waals surface area contributed by atoms with Gasteiger partial charge in [0.15, 0.2) is 6.67 Å². The van der Waals surface area contributed by atoms with Gasteiger partial charge in [-0.3, -0.25) is 19.7 Å². The number of imide groups is 1. The van der Waals surface area contributed by atoms with Gasteiger partial charge in [0.1, 0.15) is 12.1 Å². The van der Waals surface area contributed by atoms with Crippen molar-refractivity contribution >= 4 is 40.7 Å². The second-order valence-corrected chi connectivity index (χ2v) is 6.85. The number of nitrogens with one attached hydrogen (secondary N) is 1. The van der Waals surface area contributed by atoms with E-state index in [1.54, 1.807) is 19.2 Å². The molecule has 2 aromatic rings. The maximum absolute atomic E-state index is 12.6. The monoisotopic (exact) mass is 394 g/mol. The lowest BCUT2D eigenvalue weighted by molar-refractivity contribution is -0.901. The molecular weight excluding hydrogens is 381 g/mol. The number of nitrogens with zero attached hydrogens (tertiary/aromatic N) is 2. The number of carbonyl (C=O) groups excluding carboxylic acids is 2.